The summed E-state index contributed by atoms with van der Waals surface area (Å²) < 4.78 is 0. The van der Waals surface area contributed by atoms with Crippen LogP contribution in [0, 0.1) is 5.92 Å². The minimum atomic E-state index is -0.570. The molecule has 0 bridgehead atoms. The molecule has 5 heteroatoms. The standard InChI is InChI=1S/C12H9NO4/c14-10-8-3-1-2-4-9(8)11(15)13(10)17-12(16)7-5-6-7/h1-4,7H,5-6H2. The molecule has 17 heavy (non-hydrogen) atoms. The molecule has 0 spiro atoms. The van der Waals surface area contributed by atoms with Gasteiger partial charge in [-0.05, 0) is 25.0 Å². The molecule has 0 saturated heterocycles. The lowest BCUT2D eigenvalue weighted by Crippen LogP contribution is -2.33. The van der Waals surface area contributed by atoms with Crippen molar-refractivity contribution in [2.75, 3.05) is 0 Å². The third kappa shape index (κ3) is 1.51. The van der Waals surface area contributed by atoms with E-state index in [1.165, 1.54) is 0 Å². The smallest absolute Gasteiger partial charge is 0.329 e. The van der Waals surface area contributed by atoms with Gasteiger partial charge in [0.15, 0.2) is 0 Å². The van der Waals surface area contributed by atoms with Gasteiger partial charge >= 0.3 is 5.97 Å². The van der Waals surface area contributed by atoms with Crippen molar-refractivity contribution in [2.45, 2.75) is 12.8 Å². The lowest BCUT2D eigenvalue weighted by atomic mass is 10.1. The SMILES string of the molecule is O=C(ON1C(=O)c2ccccc2C1=O)C1CC1. The number of rotatable bonds is 2. The Bertz CT molecular complexity index is 498. The number of amides is 2. The van der Waals surface area contributed by atoms with E-state index in [1.54, 1.807) is 24.3 Å². The van der Waals surface area contributed by atoms with Crippen LogP contribution in [0.25, 0.3) is 0 Å². The van der Waals surface area contributed by atoms with Crippen molar-refractivity contribution in [2.24, 2.45) is 5.92 Å². The molecule has 1 heterocycles. The van der Waals surface area contributed by atoms with E-state index >= 15 is 0 Å². The van der Waals surface area contributed by atoms with E-state index in [9.17, 15) is 14.4 Å². The van der Waals surface area contributed by atoms with Crippen molar-refractivity contribution < 1.29 is 19.2 Å². The Balaban J connectivity index is 1.87. The Morgan fingerprint density at radius 1 is 1.12 bits per heavy atom. The van der Waals surface area contributed by atoms with Gasteiger partial charge in [0.1, 0.15) is 0 Å². The highest BCUT2D eigenvalue weighted by molar-refractivity contribution is 6.20. The van der Waals surface area contributed by atoms with Gasteiger partial charge in [-0.25, -0.2) is 4.79 Å². The minimum absolute atomic E-state index is 0.153. The summed E-state index contributed by atoms with van der Waals surface area (Å²) in [6, 6.07) is 6.41. The Morgan fingerprint density at radius 2 is 1.65 bits per heavy atom. The second-order valence-corrected chi connectivity index (χ2v) is 4.13. The van der Waals surface area contributed by atoms with Gasteiger partial charge in [-0.3, -0.25) is 9.59 Å². The molecule has 1 aromatic rings. The van der Waals surface area contributed by atoms with Gasteiger partial charge < -0.3 is 4.84 Å². The summed E-state index contributed by atoms with van der Waals surface area (Å²) in [5, 5.41) is 0.561. The molecule has 1 aromatic carbocycles. The first-order valence-corrected chi connectivity index (χ1v) is 5.38. The maximum atomic E-state index is 11.8. The lowest BCUT2D eigenvalue weighted by Gasteiger charge is -2.11. The number of hydrogen-bond acceptors (Lipinski definition) is 4. The maximum Gasteiger partial charge on any atom is 0.336 e. The molecule has 1 saturated carbocycles. The van der Waals surface area contributed by atoms with Crippen molar-refractivity contribution in [3.63, 3.8) is 0 Å². The van der Waals surface area contributed by atoms with Crippen molar-refractivity contribution in [3.8, 4) is 0 Å². The highest BCUT2D eigenvalue weighted by Crippen LogP contribution is 2.31. The predicted octanol–water partition coefficient (Wildman–Crippen LogP) is 1.15. The number of hydrogen-bond donors (Lipinski definition) is 0. The monoisotopic (exact) mass is 231 g/mol. The second kappa shape index (κ2) is 3.41. The molecule has 1 aliphatic heterocycles. The van der Waals surface area contributed by atoms with E-state index in [-0.39, 0.29) is 17.0 Å². The van der Waals surface area contributed by atoms with Crippen LogP contribution in [-0.2, 0) is 9.63 Å². The number of hydroxylamine groups is 2. The fourth-order valence-corrected chi connectivity index (χ4v) is 1.73. The van der Waals surface area contributed by atoms with E-state index in [1.807, 2.05) is 0 Å². The molecule has 86 valence electrons. The van der Waals surface area contributed by atoms with Crippen LogP contribution in [0.4, 0.5) is 0 Å². The van der Waals surface area contributed by atoms with Gasteiger partial charge in [-0.2, -0.15) is 0 Å². The van der Waals surface area contributed by atoms with Gasteiger partial charge in [0, 0.05) is 0 Å². The highest BCUT2D eigenvalue weighted by Gasteiger charge is 2.41. The molecule has 5 nitrogen and oxygen atoms in total. The third-order valence-corrected chi connectivity index (χ3v) is 2.85. The molecule has 2 amide bonds. The summed E-state index contributed by atoms with van der Waals surface area (Å²) in [7, 11) is 0. The molecule has 0 unspecified atom stereocenters. The number of imide groups is 1. The number of fused-ring (bicyclic) bond motifs is 1. The summed E-state index contributed by atoms with van der Waals surface area (Å²) in [4.78, 5) is 39.9. The van der Waals surface area contributed by atoms with E-state index in [0.29, 0.717) is 5.06 Å². The first-order valence-electron chi connectivity index (χ1n) is 5.38. The molecule has 1 fully saturated rings. The molecular weight excluding hydrogens is 222 g/mol. The summed E-state index contributed by atoms with van der Waals surface area (Å²) in [6.45, 7) is 0. The molecule has 2 aliphatic rings. The Kier molecular flexibility index (Phi) is 2.01. The molecule has 3 rings (SSSR count). The second-order valence-electron chi connectivity index (χ2n) is 4.13. The van der Waals surface area contributed by atoms with Crippen molar-refractivity contribution in [1.82, 2.24) is 5.06 Å². The van der Waals surface area contributed by atoms with Crippen LogP contribution in [-0.4, -0.2) is 22.8 Å². The number of carbonyl (C=O) groups excluding carboxylic acids is 3. The lowest BCUT2D eigenvalue weighted by molar-refractivity contribution is -0.170. The van der Waals surface area contributed by atoms with Crippen LogP contribution in [0.15, 0.2) is 24.3 Å². The summed E-state index contributed by atoms with van der Waals surface area (Å²) in [5.41, 5.74) is 0.558. The average molecular weight is 231 g/mol. The molecule has 1 aliphatic carbocycles. The summed E-state index contributed by atoms with van der Waals surface area (Å²) >= 11 is 0. The number of nitrogens with zero attached hydrogens (tertiary/aromatic N) is 1. The largest absolute Gasteiger partial charge is 0.336 e. The molecular formula is C12H9NO4. The van der Waals surface area contributed by atoms with E-state index in [4.69, 9.17) is 4.84 Å². The topological polar surface area (TPSA) is 63.7 Å². The molecule has 0 radical (unpaired) electrons. The Morgan fingerprint density at radius 3 is 2.12 bits per heavy atom. The third-order valence-electron chi connectivity index (χ3n) is 2.85. The number of benzene rings is 1. The quantitative estimate of drug-likeness (QED) is 0.716. The van der Waals surface area contributed by atoms with Gasteiger partial charge in [0.2, 0.25) is 0 Å². The summed E-state index contributed by atoms with van der Waals surface area (Å²) in [6.07, 6.45) is 1.53. The molecule has 0 aromatic heterocycles. The van der Waals surface area contributed by atoms with Crippen LogP contribution in [0.3, 0.4) is 0 Å². The van der Waals surface area contributed by atoms with Gasteiger partial charge in [-0.1, -0.05) is 17.2 Å². The Hall–Kier alpha value is -2.17. The van der Waals surface area contributed by atoms with Gasteiger partial charge in [-0.15, -0.1) is 0 Å². The normalized spacial score (nSPS) is 18.2. The van der Waals surface area contributed by atoms with Gasteiger partial charge in [0.05, 0.1) is 17.0 Å². The zero-order valence-corrected chi connectivity index (χ0v) is 8.88. The van der Waals surface area contributed by atoms with Crippen LogP contribution in [0.2, 0.25) is 0 Å². The molecule has 0 N–H and O–H groups in total. The van der Waals surface area contributed by atoms with E-state index < -0.39 is 17.8 Å². The first-order chi connectivity index (χ1) is 8.18. The van der Waals surface area contributed by atoms with Crippen molar-refractivity contribution in [1.29, 1.82) is 0 Å². The predicted molar refractivity (Wildman–Crippen MR) is 55.8 cm³/mol. The fourth-order valence-electron chi connectivity index (χ4n) is 1.73. The van der Waals surface area contributed by atoms with E-state index in [0.717, 1.165) is 12.8 Å². The van der Waals surface area contributed by atoms with Crippen LogP contribution < -0.4 is 0 Å². The summed E-state index contributed by atoms with van der Waals surface area (Å²) in [5.74, 6) is -1.79. The number of carbonyl (C=O) groups is 3. The minimum Gasteiger partial charge on any atom is -0.329 e. The Labute approximate surface area is 96.9 Å². The first kappa shape index (κ1) is 10.0. The van der Waals surface area contributed by atoms with Crippen molar-refractivity contribution >= 4 is 17.8 Å². The van der Waals surface area contributed by atoms with Crippen LogP contribution in [0.1, 0.15) is 33.6 Å². The zero-order valence-electron chi connectivity index (χ0n) is 8.88. The highest BCUT2D eigenvalue weighted by atomic mass is 16.7. The average Bonchev–Trinajstić information content (AvgIpc) is 3.15. The van der Waals surface area contributed by atoms with Gasteiger partial charge in [0.25, 0.3) is 11.8 Å². The van der Waals surface area contributed by atoms with Crippen LogP contribution in [0.5, 0.6) is 0 Å². The molecule has 0 atom stereocenters. The fraction of sp³-hybridized carbons (Fsp3) is 0.250. The zero-order chi connectivity index (χ0) is 12.0. The van der Waals surface area contributed by atoms with Crippen molar-refractivity contribution in [3.05, 3.63) is 35.4 Å². The van der Waals surface area contributed by atoms with E-state index in [2.05, 4.69) is 0 Å². The van der Waals surface area contributed by atoms with Crippen LogP contribution >= 0.6 is 0 Å². The maximum absolute atomic E-state index is 11.8.